The zero-order valence-electron chi connectivity index (χ0n) is 13.7. The average Bonchev–Trinajstić information content (AvgIpc) is 2.61. The number of benzene rings is 2. The van der Waals surface area contributed by atoms with Crippen molar-refractivity contribution in [3.05, 3.63) is 57.3 Å². The Morgan fingerprint density at radius 1 is 1.00 bits per heavy atom. The van der Waals surface area contributed by atoms with Crippen LogP contribution in [0.4, 0.5) is 4.39 Å². The Kier molecular flexibility index (Phi) is 6.28. The van der Waals surface area contributed by atoms with Crippen LogP contribution in [0, 0.1) is 5.82 Å². The minimum absolute atomic E-state index is 0.0132. The van der Waals surface area contributed by atoms with E-state index in [1.165, 1.54) is 39.5 Å². The lowest BCUT2D eigenvalue weighted by molar-refractivity contribution is 0.104. The average molecular weight is 385 g/mol. The minimum Gasteiger partial charge on any atom is -0.493 e. The summed E-state index contributed by atoms with van der Waals surface area (Å²) in [6.45, 7) is 0. The third-order valence-electron chi connectivity index (χ3n) is 3.42. The van der Waals surface area contributed by atoms with E-state index in [9.17, 15) is 9.18 Å². The van der Waals surface area contributed by atoms with Crippen LogP contribution in [0.2, 0.25) is 10.0 Å². The zero-order valence-corrected chi connectivity index (χ0v) is 15.2. The van der Waals surface area contributed by atoms with Crippen LogP contribution in [0.25, 0.3) is 6.08 Å². The first-order valence-electron chi connectivity index (χ1n) is 7.08. The van der Waals surface area contributed by atoms with Gasteiger partial charge in [-0.05, 0) is 36.4 Å². The summed E-state index contributed by atoms with van der Waals surface area (Å²) in [5, 5.41) is -0.0765. The lowest BCUT2D eigenvalue weighted by atomic mass is 10.1. The Labute approximate surface area is 154 Å². The van der Waals surface area contributed by atoms with Crippen LogP contribution in [-0.2, 0) is 0 Å². The second-order valence-corrected chi connectivity index (χ2v) is 5.68. The third kappa shape index (κ3) is 4.06. The van der Waals surface area contributed by atoms with Crippen molar-refractivity contribution in [2.75, 3.05) is 21.3 Å². The fourth-order valence-corrected chi connectivity index (χ4v) is 2.70. The second-order valence-electron chi connectivity index (χ2n) is 4.87. The smallest absolute Gasteiger partial charge is 0.203 e. The van der Waals surface area contributed by atoms with Crippen LogP contribution in [0.3, 0.4) is 0 Å². The topological polar surface area (TPSA) is 44.8 Å². The molecule has 0 amide bonds. The number of hydrogen-bond acceptors (Lipinski definition) is 4. The summed E-state index contributed by atoms with van der Waals surface area (Å²) in [6, 6.07) is 5.58. The molecule has 0 radical (unpaired) electrons. The molecular weight excluding hydrogens is 370 g/mol. The van der Waals surface area contributed by atoms with Crippen molar-refractivity contribution in [1.82, 2.24) is 0 Å². The molecule has 7 heteroatoms. The monoisotopic (exact) mass is 384 g/mol. The van der Waals surface area contributed by atoms with E-state index in [0.29, 0.717) is 22.8 Å². The van der Waals surface area contributed by atoms with Crippen molar-refractivity contribution < 1.29 is 23.4 Å². The molecule has 0 saturated carbocycles. The molecule has 0 aromatic heterocycles. The highest BCUT2D eigenvalue weighted by Gasteiger charge is 2.16. The molecule has 0 heterocycles. The fourth-order valence-electron chi connectivity index (χ4n) is 2.22. The normalized spacial score (nSPS) is 10.8. The largest absolute Gasteiger partial charge is 0.493 e. The SMILES string of the molecule is COc1ccc(C=CC(=O)c2cc(F)c(Cl)cc2Cl)c(OC)c1OC. The molecule has 132 valence electrons. The Morgan fingerprint density at radius 3 is 2.28 bits per heavy atom. The van der Waals surface area contributed by atoms with Crippen molar-refractivity contribution in [3.8, 4) is 17.2 Å². The molecule has 0 spiro atoms. The third-order valence-corrected chi connectivity index (χ3v) is 4.03. The Balaban J connectivity index is 2.39. The van der Waals surface area contributed by atoms with Crippen LogP contribution in [0.5, 0.6) is 17.2 Å². The lowest BCUT2D eigenvalue weighted by Crippen LogP contribution is -1.99. The molecule has 0 N–H and O–H groups in total. The minimum atomic E-state index is -0.716. The summed E-state index contributed by atoms with van der Waals surface area (Å²) in [5.74, 6) is 0.101. The predicted molar refractivity (Wildman–Crippen MR) is 95.9 cm³/mol. The van der Waals surface area contributed by atoms with Crippen LogP contribution in [-0.4, -0.2) is 27.1 Å². The van der Waals surface area contributed by atoms with E-state index in [-0.39, 0.29) is 15.6 Å². The highest BCUT2D eigenvalue weighted by molar-refractivity contribution is 6.37. The van der Waals surface area contributed by atoms with Gasteiger partial charge in [-0.1, -0.05) is 23.2 Å². The van der Waals surface area contributed by atoms with E-state index in [4.69, 9.17) is 37.4 Å². The summed E-state index contributed by atoms with van der Waals surface area (Å²) in [6.07, 6.45) is 2.78. The Morgan fingerprint density at radius 2 is 1.68 bits per heavy atom. The molecule has 0 aliphatic heterocycles. The van der Waals surface area contributed by atoms with Crippen LogP contribution >= 0.6 is 23.2 Å². The molecule has 0 aliphatic rings. The molecule has 2 aromatic carbocycles. The van der Waals surface area contributed by atoms with E-state index in [2.05, 4.69) is 0 Å². The fraction of sp³-hybridized carbons (Fsp3) is 0.167. The van der Waals surface area contributed by atoms with Crippen molar-refractivity contribution in [2.24, 2.45) is 0 Å². The van der Waals surface area contributed by atoms with Gasteiger partial charge in [-0.3, -0.25) is 4.79 Å². The van der Waals surface area contributed by atoms with Crippen LogP contribution in [0.15, 0.2) is 30.3 Å². The van der Waals surface area contributed by atoms with Gasteiger partial charge in [-0.2, -0.15) is 0 Å². The van der Waals surface area contributed by atoms with Gasteiger partial charge in [0, 0.05) is 11.1 Å². The summed E-state index contributed by atoms with van der Waals surface area (Å²) < 4.78 is 29.4. The van der Waals surface area contributed by atoms with E-state index < -0.39 is 11.6 Å². The maximum Gasteiger partial charge on any atom is 0.203 e. The molecule has 0 atom stereocenters. The molecular formula is C18H15Cl2FO4. The number of methoxy groups -OCH3 is 3. The van der Waals surface area contributed by atoms with Gasteiger partial charge in [0.25, 0.3) is 0 Å². The van der Waals surface area contributed by atoms with Crippen molar-refractivity contribution >= 4 is 35.1 Å². The van der Waals surface area contributed by atoms with Gasteiger partial charge in [-0.25, -0.2) is 4.39 Å². The lowest BCUT2D eigenvalue weighted by Gasteiger charge is -2.14. The van der Waals surface area contributed by atoms with Crippen molar-refractivity contribution in [2.45, 2.75) is 0 Å². The van der Waals surface area contributed by atoms with Gasteiger partial charge in [0.05, 0.1) is 31.4 Å². The first-order chi connectivity index (χ1) is 11.9. The number of allylic oxidation sites excluding steroid dienone is 1. The molecule has 0 aliphatic carbocycles. The van der Waals surface area contributed by atoms with Gasteiger partial charge in [0.2, 0.25) is 5.75 Å². The number of carbonyl (C=O) groups is 1. The molecule has 2 rings (SSSR count). The molecule has 4 nitrogen and oxygen atoms in total. The van der Waals surface area contributed by atoms with Gasteiger partial charge < -0.3 is 14.2 Å². The van der Waals surface area contributed by atoms with Gasteiger partial charge in [0.1, 0.15) is 5.82 Å². The number of rotatable bonds is 6. The number of ketones is 1. The molecule has 2 aromatic rings. The Hall–Kier alpha value is -2.24. The summed E-state index contributed by atoms with van der Waals surface area (Å²) in [7, 11) is 4.46. The maximum absolute atomic E-state index is 13.6. The van der Waals surface area contributed by atoms with Crippen LogP contribution < -0.4 is 14.2 Å². The maximum atomic E-state index is 13.6. The quantitative estimate of drug-likeness (QED) is 0.396. The molecule has 25 heavy (non-hydrogen) atoms. The van der Waals surface area contributed by atoms with Crippen molar-refractivity contribution in [3.63, 3.8) is 0 Å². The first-order valence-corrected chi connectivity index (χ1v) is 7.84. The molecule has 0 fully saturated rings. The van der Waals surface area contributed by atoms with E-state index in [1.807, 2.05) is 0 Å². The Bertz CT molecular complexity index is 834. The summed E-state index contributed by atoms with van der Waals surface area (Å²) in [5.41, 5.74) is 0.596. The molecule has 0 saturated heterocycles. The number of hydrogen-bond donors (Lipinski definition) is 0. The van der Waals surface area contributed by atoms with Gasteiger partial charge in [-0.15, -0.1) is 0 Å². The number of ether oxygens (including phenoxy) is 3. The standard InChI is InChI=1S/C18H15Cl2FO4/c1-23-16-7-5-10(17(24-2)18(16)25-3)4-6-15(22)11-8-14(21)13(20)9-12(11)19/h4-9H,1-3H3. The van der Waals surface area contributed by atoms with E-state index in [0.717, 1.165) is 6.07 Å². The first kappa shape index (κ1) is 19.1. The molecule has 0 bridgehead atoms. The van der Waals surface area contributed by atoms with Crippen LogP contribution in [0.1, 0.15) is 15.9 Å². The summed E-state index contributed by atoms with van der Waals surface area (Å²) >= 11 is 11.6. The highest BCUT2D eigenvalue weighted by Crippen LogP contribution is 2.40. The predicted octanol–water partition coefficient (Wildman–Crippen LogP) is 5.05. The van der Waals surface area contributed by atoms with Crippen molar-refractivity contribution in [1.29, 1.82) is 0 Å². The second kappa shape index (κ2) is 8.23. The number of carbonyl (C=O) groups excluding carboxylic acids is 1. The zero-order chi connectivity index (χ0) is 18.6. The molecule has 0 unspecified atom stereocenters. The van der Waals surface area contributed by atoms with Gasteiger partial charge in [0.15, 0.2) is 17.3 Å². The van der Waals surface area contributed by atoms with E-state index in [1.54, 1.807) is 12.1 Å². The highest BCUT2D eigenvalue weighted by atomic mass is 35.5. The summed E-state index contributed by atoms with van der Waals surface area (Å²) in [4.78, 5) is 12.3. The van der Waals surface area contributed by atoms with E-state index >= 15 is 0 Å². The van der Waals surface area contributed by atoms with Gasteiger partial charge >= 0.3 is 0 Å². The number of halogens is 3.